The van der Waals surface area contributed by atoms with Gasteiger partial charge in [-0.05, 0) is 34.4 Å². The number of halogens is 3. The first kappa shape index (κ1) is 53.5. The third-order valence-corrected chi connectivity index (χ3v) is 12.6. The van der Waals surface area contributed by atoms with E-state index in [2.05, 4.69) is 0 Å². The normalized spacial score (nSPS) is 24.9. The number of amides is 2. The molecule has 0 aromatic heterocycles. The number of esters is 2. The minimum atomic E-state index is -2.43. The Kier molecular flexibility index (Phi) is 18.3. The molecule has 3 heterocycles. The Morgan fingerprint density at radius 2 is 0.973 bits per heavy atom. The number of alkyl halides is 3. The van der Waals surface area contributed by atoms with Gasteiger partial charge in [-0.15, -0.1) is 0 Å². The van der Waals surface area contributed by atoms with E-state index < -0.39 is 94.8 Å². The fraction of sp³-hybridized carbons (Fsp3) is 0.352. The first-order chi connectivity index (χ1) is 35.2. The molecule has 384 valence electrons. The Balaban J connectivity index is 1.26. The third kappa shape index (κ3) is 13.7. The fourth-order valence-electron chi connectivity index (χ4n) is 8.76. The first-order valence-corrected chi connectivity index (χ1v) is 24.5. The molecule has 0 bridgehead atoms. The number of carbonyl (C=O) groups excluding carboxylic acids is 4. The van der Waals surface area contributed by atoms with Crippen molar-refractivity contribution in [1.82, 2.24) is 4.90 Å². The average Bonchev–Trinajstić information content (AvgIpc) is 3.63. The second-order valence-corrected chi connectivity index (χ2v) is 19.6. The largest absolute Gasteiger partial charge is 0.463 e. The first-order valence-electron chi connectivity index (χ1n) is 23.4. The number of hydrogen-bond acceptors (Lipinski definition) is 15. The molecule has 8 rings (SSSR count). The maximum atomic E-state index is 14.6. The van der Waals surface area contributed by atoms with Gasteiger partial charge >= 0.3 is 11.9 Å². The summed E-state index contributed by atoms with van der Waals surface area (Å²) < 4.78 is 62.5. The van der Waals surface area contributed by atoms with Gasteiger partial charge in [0.05, 0.1) is 44.2 Å². The van der Waals surface area contributed by atoms with Gasteiger partial charge in [-0.1, -0.05) is 168 Å². The standard InChI is InChI=1S/C54H53Cl3N2O14/c1-33(60)65-32-42-44(66-28-36-19-9-4-10-20-36)47(69-34(2)61)48(68-30-38-23-13-6-14-24-38)52(71-42)72-45-41(31-64-27-35-17-7-3-8-18-35)70-51(73-53(58)54(55,56)57)43(46(45)67-29-37-21-11-5-12-22-37)59-49(62)39-25-15-16-26-40(39)50(59)63/h3-26,41-48,51-52,58H,27-32H2,1-2H3/t41-,42-,43-,44+,45-,46-,47+,48-,51+,52+/m1/s1. The third-order valence-electron chi connectivity index (χ3n) is 12.1. The van der Waals surface area contributed by atoms with Gasteiger partial charge in [-0.3, -0.25) is 29.5 Å². The molecule has 2 amide bonds. The van der Waals surface area contributed by atoms with E-state index in [0.717, 1.165) is 21.6 Å². The lowest BCUT2D eigenvalue weighted by atomic mass is 9.93. The predicted octanol–water partition coefficient (Wildman–Crippen LogP) is 8.32. The summed E-state index contributed by atoms with van der Waals surface area (Å²) in [5.41, 5.74) is 3.19. The van der Waals surface area contributed by atoms with Gasteiger partial charge in [0, 0.05) is 13.8 Å². The van der Waals surface area contributed by atoms with Gasteiger partial charge in [0.1, 0.15) is 49.3 Å². The van der Waals surface area contributed by atoms with Crippen molar-refractivity contribution in [3.05, 3.63) is 179 Å². The highest BCUT2D eigenvalue weighted by molar-refractivity contribution is 6.76. The maximum Gasteiger partial charge on any atom is 0.303 e. The van der Waals surface area contributed by atoms with Crippen LogP contribution in [0.15, 0.2) is 146 Å². The van der Waals surface area contributed by atoms with E-state index in [0.29, 0.717) is 5.56 Å². The molecule has 0 radical (unpaired) electrons. The second kappa shape index (κ2) is 25.0. The van der Waals surface area contributed by atoms with Crippen molar-refractivity contribution in [2.24, 2.45) is 0 Å². The molecule has 5 aromatic carbocycles. The van der Waals surface area contributed by atoms with E-state index in [9.17, 15) is 19.2 Å². The van der Waals surface area contributed by atoms with E-state index in [1.54, 1.807) is 12.1 Å². The molecule has 0 unspecified atom stereocenters. The summed E-state index contributed by atoms with van der Waals surface area (Å²) in [7, 11) is 0. The second-order valence-electron chi connectivity index (χ2n) is 17.3. The number of benzene rings is 5. The van der Waals surface area contributed by atoms with E-state index in [4.69, 9.17) is 87.6 Å². The van der Waals surface area contributed by atoms with Gasteiger partial charge in [-0.25, -0.2) is 0 Å². The van der Waals surface area contributed by atoms with Crippen molar-refractivity contribution in [2.75, 3.05) is 13.2 Å². The molecule has 2 saturated heterocycles. The molecule has 73 heavy (non-hydrogen) atoms. The molecule has 0 aliphatic carbocycles. The number of nitrogens with one attached hydrogen (secondary N) is 1. The van der Waals surface area contributed by atoms with Crippen LogP contribution in [0.3, 0.4) is 0 Å². The average molecular weight is 1060 g/mol. The predicted molar refractivity (Wildman–Crippen MR) is 265 cm³/mol. The lowest BCUT2D eigenvalue weighted by Gasteiger charge is -2.51. The van der Waals surface area contributed by atoms with Gasteiger partial charge in [0.15, 0.2) is 12.4 Å². The summed E-state index contributed by atoms with van der Waals surface area (Å²) in [6, 6.07) is 41.5. The smallest absolute Gasteiger partial charge is 0.303 e. The van der Waals surface area contributed by atoms with Gasteiger partial charge < -0.3 is 47.4 Å². The molecular formula is C54H53Cl3N2O14. The highest BCUT2D eigenvalue weighted by atomic mass is 35.6. The summed E-state index contributed by atoms with van der Waals surface area (Å²) in [6.07, 6.45) is -12.4. The van der Waals surface area contributed by atoms with E-state index in [1.165, 1.54) is 26.0 Å². The van der Waals surface area contributed by atoms with Crippen molar-refractivity contribution in [3.8, 4) is 0 Å². The summed E-state index contributed by atoms with van der Waals surface area (Å²) in [4.78, 5) is 55.9. The quantitative estimate of drug-likeness (QED) is 0.0258. The number of imide groups is 1. The number of ether oxygens (including phenoxy) is 10. The molecule has 1 N–H and O–H groups in total. The Bertz CT molecular complexity index is 2610. The minimum Gasteiger partial charge on any atom is -0.463 e. The van der Waals surface area contributed by atoms with Crippen LogP contribution in [0.5, 0.6) is 0 Å². The SMILES string of the molecule is CC(=O)OC[C@H]1O[C@@H](O[C@H]2[C@H](OCc3ccccc3)[C@@H](N3C(=O)c4ccccc4C3=O)[C@H](OC(=N)C(Cl)(Cl)Cl)O[C@@H]2COCc2ccccc2)[C@H](OCc2ccccc2)[C@@H](OC(C)=O)[C@H]1OCc1ccccc1. The maximum absolute atomic E-state index is 14.6. The zero-order valence-corrected chi connectivity index (χ0v) is 41.9. The van der Waals surface area contributed by atoms with Gasteiger partial charge in [0.2, 0.25) is 12.2 Å². The van der Waals surface area contributed by atoms with Crippen LogP contribution in [-0.4, -0.2) is 113 Å². The van der Waals surface area contributed by atoms with Gasteiger partial charge in [0.25, 0.3) is 15.6 Å². The number of rotatable bonds is 20. The minimum absolute atomic E-state index is 0.0272. The number of nitrogens with zero attached hydrogens (tertiary/aromatic N) is 1. The summed E-state index contributed by atoms with van der Waals surface area (Å²) >= 11 is 18.7. The number of hydrogen-bond donors (Lipinski definition) is 1. The molecule has 16 nitrogen and oxygen atoms in total. The summed E-state index contributed by atoms with van der Waals surface area (Å²) in [5.74, 6) is -3.69. The van der Waals surface area contributed by atoms with Crippen LogP contribution in [-0.2, 0) is 83.4 Å². The van der Waals surface area contributed by atoms with Crippen LogP contribution in [0, 0.1) is 5.41 Å². The van der Waals surface area contributed by atoms with Crippen LogP contribution < -0.4 is 0 Å². The molecule has 5 aromatic rings. The monoisotopic (exact) mass is 1060 g/mol. The van der Waals surface area contributed by atoms with Crippen molar-refractivity contribution in [1.29, 1.82) is 5.41 Å². The van der Waals surface area contributed by atoms with Crippen LogP contribution in [0.2, 0.25) is 0 Å². The number of carbonyl (C=O) groups is 4. The zero-order chi connectivity index (χ0) is 51.5. The highest BCUT2D eigenvalue weighted by Gasteiger charge is 2.59. The molecule has 10 atom stereocenters. The molecule has 0 spiro atoms. The van der Waals surface area contributed by atoms with E-state index in [1.807, 2.05) is 121 Å². The molecule has 3 aliphatic rings. The Morgan fingerprint density at radius 1 is 0.534 bits per heavy atom. The summed E-state index contributed by atoms with van der Waals surface area (Å²) in [5, 5.41) is 8.75. The molecule has 0 saturated carbocycles. The van der Waals surface area contributed by atoms with E-state index >= 15 is 0 Å². The van der Waals surface area contributed by atoms with Crippen LogP contribution >= 0.6 is 34.8 Å². The van der Waals surface area contributed by atoms with Crippen molar-refractivity contribution in [2.45, 2.75) is 105 Å². The molecule has 3 aliphatic heterocycles. The Morgan fingerprint density at radius 3 is 1.45 bits per heavy atom. The van der Waals surface area contributed by atoms with Crippen molar-refractivity contribution >= 4 is 64.5 Å². The highest BCUT2D eigenvalue weighted by Crippen LogP contribution is 2.40. The lowest BCUT2D eigenvalue weighted by molar-refractivity contribution is -0.360. The Hall–Kier alpha value is -5.76. The lowest BCUT2D eigenvalue weighted by Crippen LogP contribution is -2.69. The molecule has 19 heteroatoms. The van der Waals surface area contributed by atoms with Crippen molar-refractivity contribution in [3.63, 3.8) is 0 Å². The van der Waals surface area contributed by atoms with Crippen LogP contribution in [0.1, 0.15) is 56.8 Å². The number of fused-ring (bicyclic) bond motifs is 1. The van der Waals surface area contributed by atoms with Crippen LogP contribution in [0.25, 0.3) is 0 Å². The van der Waals surface area contributed by atoms with Crippen molar-refractivity contribution < 1.29 is 66.5 Å². The topological polar surface area (TPSA) is 188 Å². The molecular weight excluding hydrogens is 1010 g/mol. The Labute approximate surface area is 437 Å². The zero-order valence-electron chi connectivity index (χ0n) is 39.7. The van der Waals surface area contributed by atoms with E-state index in [-0.39, 0.29) is 50.8 Å². The fourth-order valence-corrected chi connectivity index (χ4v) is 8.89. The van der Waals surface area contributed by atoms with Gasteiger partial charge in [-0.2, -0.15) is 0 Å². The summed E-state index contributed by atoms with van der Waals surface area (Å²) in [6.45, 7) is 1.76. The molecule has 2 fully saturated rings. The van der Waals surface area contributed by atoms with Crippen LogP contribution in [0.4, 0.5) is 0 Å².